The van der Waals surface area contributed by atoms with Crippen LogP contribution in [-0.2, 0) is 67.0 Å². The number of primary amides is 1. The summed E-state index contributed by atoms with van der Waals surface area (Å²) in [6.07, 6.45) is -3.35. The fourth-order valence-electron chi connectivity index (χ4n) is 8.03. The number of carboxylic acids is 2. The number of β-lactam (4-membered cyclic amide) rings is 1. The molecule has 446 valence electrons. The van der Waals surface area contributed by atoms with Gasteiger partial charge in [0.15, 0.2) is 0 Å². The molecule has 1 saturated heterocycles. The molecule has 11 atom stereocenters. The summed E-state index contributed by atoms with van der Waals surface area (Å²) in [7, 11) is 1.12. The second kappa shape index (κ2) is 32.5. The van der Waals surface area contributed by atoms with Gasteiger partial charge in [-0.3, -0.25) is 57.6 Å². The summed E-state index contributed by atoms with van der Waals surface area (Å²) in [5, 5.41) is 56.4. The molecule has 0 aromatic rings. The number of carbonyl (C=O) groups excluding carboxylic acids is 10. The van der Waals surface area contributed by atoms with E-state index < -0.39 is 180 Å². The molecule has 11 unspecified atom stereocenters. The Morgan fingerprint density at radius 3 is 1.68 bits per heavy atom. The van der Waals surface area contributed by atoms with Crippen LogP contribution in [-0.4, -0.2) is 201 Å². The van der Waals surface area contributed by atoms with Crippen LogP contribution in [0, 0.1) is 11.8 Å². The minimum absolute atomic E-state index is 0.0134. The number of aliphatic carboxylic acids is 2. The van der Waals surface area contributed by atoms with Crippen molar-refractivity contribution in [2.45, 2.75) is 158 Å². The standard InChI is InChI=1S/C47H79N13O18S/c1-21(2)34(57-38(67)26(11-8-14-48)53-40(69)29(18-61)56-37(66)23(5)50)41(70)54-27(12-9-15-49)39(68)58-35(22(3)4)42(71)55-28(16-31(52)63)30(62)17-33(65)78-19-24-20-79-46-47(77-6,45(76)60(46)36(24)44(74)75)59-32(64)13-7-10-25(51)43(72)73/h21-23,25-30,34-35,46,61-62H,7-20,48-51H2,1-6H3,(H2,52,63)(H,53,69)(H,54,70)(H,55,71)(H,56,66)(H,57,67)(H,58,68)(H,59,64)(H,72,73)(H,74,75). The van der Waals surface area contributed by atoms with Gasteiger partial charge in [-0.1, -0.05) is 27.7 Å². The van der Waals surface area contributed by atoms with Crippen LogP contribution in [0.1, 0.15) is 92.4 Å². The minimum atomic E-state index is -1.98. The fourth-order valence-corrected chi connectivity index (χ4v) is 9.45. The Bertz CT molecular complexity index is 2260. The molecule has 0 spiro atoms. The zero-order valence-corrected chi connectivity index (χ0v) is 45.9. The number of esters is 1. The highest BCUT2D eigenvalue weighted by Gasteiger charge is 2.66. The second-order valence-corrected chi connectivity index (χ2v) is 20.7. The molecule has 0 radical (unpaired) electrons. The number of hydrogen-bond acceptors (Lipinski definition) is 21. The third-order valence-corrected chi connectivity index (χ3v) is 13.9. The average Bonchev–Trinajstić information content (AvgIpc) is 3.38. The molecule has 0 aromatic carbocycles. The van der Waals surface area contributed by atoms with Gasteiger partial charge in [0.1, 0.15) is 53.9 Å². The van der Waals surface area contributed by atoms with E-state index in [-0.39, 0.29) is 69.4 Å². The topological polar surface area (TPSA) is 522 Å². The average molecular weight is 1150 g/mol. The molecule has 0 aromatic heterocycles. The minimum Gasteiger partial charge on any atom is -0.480 e. The van der Waals surface area contributed by atoms with Crippen molar-refractivity contribution in [2.24, 2.45) is 40.5 Å². The van der Waals surface area contributed by atoms with E-state index in [9.17, 15) is 72.9 Å². The quantitative estimate of drug-likeness (QED) is 0.0158. The van der Waals surface area contributed by atoms with Crippen molar-refractivity contribution < 1.29 is 87.4 Å². The van der Waals surface area contributed by atoms with Crippen LogP contribution in [0.3, 0.4) is 0 Å². The van der Waals surface area contributed by atoms with Gasteiger partial charge in [-0.2, -0.15) is 0 Å². The van der Waals surface area contributed by atoms with Crippen molar-refractivity contribution in [1.82, 2.24) is 42.1 Å². The molecule has 2 aliphatic rings. The van der Waals surface area contributed by atoms with E-state index in [2.05, 4.69) is 37.2 Å². The number of nitrogens with two attached hydrogens (primary N) is 5. The van der Waals surface area contributed by atoms with Gasteiger partial charge in [0, 0.05) is 31.3 Å². The number of nitrogens with zero attached hydrogens (tertiary/aromatic N) is 1. The maximum atomic E-state index is 14.0. The molecule has 32 heteroatoms. The molecule has 2 aliphatic heterocycles. The Morgan fingerprint density at radius 1 is 0.722 bits per heavy atom. The maximum Gasteiger partial charge on any atom is 0.352 e. The van der Waals surface area contributed by atoms with Gasteiger partial charge < -0.3 is 95.8 Å². The molecule has 1 fully saturated rings. The van der Waals surface area contributed by atoms with Gasteiger partial charge in [-0.05, 0) is 70.4 Å². The first kappa shape index (κ1) is 68.6. The molecule has 0 bridgehead atoms. The number of carboxylic acid groups (broad SMARTS) is 2. The van der Waals surface area contributed by atoms with E-state index in [1.807, 2.05) is 0 Å². The largest absolute Gasteiger partial charge is 0.480 e. The summed E-state index contributed by atoms with van der Waals surface area (Å²) in [5.74, 6) is -13.3. The number of aliphatic hydroxyl groups excluding tert-OH is 2. The lowest BCUT2D eigenvalue weighted by Gasteiger charge is -2.55. The summed E-state index contributed by atoms with van der Waals surface area (Å²) >= 11 is 0.968. The summed E-state index contributed by atoms with van der Waals surface area (Å²) in [5.41, 5.74) is 25.3. The summed E-state index contributed by atoms with van der Waals surface area (Å²) in [4.78, 5) is 157. The summed E-state index contributed by atoms with van der Waals surface area (Å²) in [6.45, 7) is 6.28. The predicted molar refractivity (Wildman–Crippen MR) is 279 cm³/mol. The highest BCUT2D eigenvalue weighted by atomic mass is 32.2. The summed E-state index contributed by atoms with van der Waals surface area (Å²) < 4.78 is 10.7. The van der Waals surface area contributed by atoms with Gasteiger partial charge in [-0.25, -0.2) is 4.79 Å². The van der Waals surface area contributed by atoms with E-state index in [1.165, 1.54) is 6.92 Å². The van der Waals surface area contributed by atoms with Crippen LogP contribution in [0.25, 0.3) is 0 Å². The van der Waals surface area contributed by atoms with Crippen LogP contribution >= 0.6 is 11.8 Å². The highest BCUT2D eigenvalue weighted by molar-refractivity contribution is 8.00. The molecule has 0 saturated carbocycles. The van der Waals surface area contributed by atoms with Gasteiger partial charge in [0.2, 0.25) is 47.3 Å². The Morgan fingerprint density at radius 2 is 1.23 bits per heavy atom. The summed E-state index contributed by atoms with van der Waals surface area (Å²) in [6, 6.07) is -10.7. The molecule has 9 amide bonds. The molecule has 2 rings (SSSR count). The van der Waals surface area contributed by atoms with Crippen molar-refractivity contribution >= 4 is 82.8 Å². The molecule has 0 aliphatic carbocycles. The van der Waals surface area contributed by atoms with Crippen molar-refractivity contribution in [3.63, 3.8) is 0 Å². The number of thioether (sulfide) groups is 1. The lowest BCUT2D eigenvalue weighted by molar-refractivity contribution is -0.192. The van der Waals surface area contributed by atoms with Gasteiger partial charge in [0.25, 0.3) is 11.6 Å². The molecule has 2 heterocycles. The number of nitrogens with one attached hydrogen (secondary N) is 7. The van der Waals surface area contributed by atoms with Gasteiger partial charge in [-0.15, -0.1) is 11.8 Å². The van der Waals surface area contributed by atoms with Gasteiger partial charge in [0.05, 0.1) is 31.2 Å². The number of fused-ring (bicyclic) bond motifs is 1. The Hall–Kier alpha value is -6.55. The number of ether oxygens (including phenoxy) is 2. The third-order valence-electron chi connectivity index (χ3n) is 12.6. The van der Waals surface area contributed by atoms with E-state index in [0.717, 1.165) is 23.8 Å². The van der Waals surface area contributed by atoms with Crippen LogP contribution in [0.2, 0.25) is 0 Å². The van der Waals surface area contributed by atoms with E-state index in [1.54, 1.807) is 27.7 Å². The van der Waals surface area contributed by atoms with E-state index >= 15 is 0 Å². The number of carbonyl (C=O) groups is 12. The normalized spacial score (nSPS) is 19.3. The lowest BCUT2D eigenvalue weighted by Crippen LogP contribution is -2.80. The highest BCUT2D eigenvalue weighted by Crippen LogP contribution is 2.46. The first-order chi connectivity index (χ1) is 37.0. The smallest absolute Gasteiger partial charge is 0.352 e. The number of hydrogen-bond donors (Lipinski definition) is 16. The number of rotatable bonds is 36. The Balaban J connectivity index is 2.22. The Labute approximate surface area is 460 Å². The van der Waals surface area contributed by atoms with E-state index in [0.29, 0.717) is 0 Å². The van der Waals surface area contributed by atoms with Crippen LogP contribution in [0.15, 0.2) is 11.3 Å². The zero-order valence-electron chi connectivity index (χ0n) is 45.1. The van der Waals surface area contributed by atoms with Crippen molar-refractivity contribution in [3.05, 3.63) is 11.3 Å². The van der Waals surface area contributed by atoms with Crippen molar-refractivity contribution in [1.29, 1.82) is 0 Å². The maximum absolute atomic E-state index is 14.0. The second-order valence-electron chi connectivity index (χ2n) is 19.6. The third kappa shape index (κ3) is 19.9. The zero-order chi connectivity index (χ0) is 60.1. The molecular formula is C47H79N13O18S. The lowest BCUT2D eigenvalue weighted by atomic mass is 9.97. The number of methoxy groups -OCH3 is 1. The Kier molecular flexibility index (Phi) is 28.2. The van der Waals surface area contributed by atoms with Crippen molar-refractivity contribution in [3.8, 4) is 0 Å². The predicted octanol–water partition coefficient (Wildman–Crippen LogP) is -6.51. The monoisotopic (exact) mass is 1150 g/mol. The van der Waals surface area contributed by atoms with Crippen LogP contribution < -0.4 is 65.9 Å². The molecule has 79 heavy (non-hydrogen) atoms. The number of aliphatic hydroxyl groups is 2. The van der Waals surface area contributed by atoms with Crippen LogP contribution in [0.4, 0.5) is 0 Å². The molecule has 21 N–H and O–H groups in total. The van der Waals surface area contributed by atoms with E-state index in [4.69, 9.17) is 43.2 Å². The molecular weight excluding hydrogens is 1070 g/mol. The van der Waals surface area contributed by atoms with Crippen molar-refractivity contribution in [2.75, 3.05) is 39.2 Å². The van der Waals surface area contributed by atoms with Gasteiger partial charge >= 0.3 is 17.9 Å². The van der Waals surface area contributed by atoms with Crippen LogP contribution in [0.5, 0.6) is 0 Å². The number of amides is 9. The SMILES string of the molecule is COC1(NC(=O)CCCC(N)C(=O)O)C(=O)N2C(C(=O)O)=C(COC(=O)CC(O)C(CC(N)=O)NC(=O)C(NC(=O)C(CCCN)NC(=O)C(NC(=O)C(CCCN)NC(=O)C(CO)NC(=O)C(C)N)C(C)C)C(C)C)CSC21. The first-order valence-corrected chi connectivity index (χ1v) is 26.5. The fraction of sp³-hybridized carbons (Fsp3) is 0.702. The first-order valence-electron chi connectivity index (χ1n) is 25.5. The molecule has 31 nitrogen and oxygen atoms in total.